The molecule has 2 rings (SSSR count). The Hall–Kier alpha value is -1.24. The van der Waals surface area contributed by atoms with Gasteiger partial charge in [0.1, 0.15) is 0 Å². The molecule has 1 aliphatic rings. The van der Waals surface area contributed by atoms with Gasteiger partial charge in [-0.1, -0.05) is 18.5 Å². The van der Waals surface area contributed by atoms with Crippen LogP contribution in [0, 0.1) is 0 Å². The average Bonchev–Trinajstić information content (AvgIpc) is 3.19. The minimum absolute atomic E-state index is 0.0220. The van der Waals surface area contributed by atoms with E-state index in [1.807, 2.05) is 13.8 Å². The molecule has 22 heavy (non-hydrogen) atoms. The Kier molecular flexibility index (Phi) is 5.04. The van der Waals surface area contributed by atoms with Crippen molar-refractivity contribution in [3.8, 4) is 0 Å². The van der Waals surface area contributed by atoms with Crippen LogP contribution in [0.15, 0.2) is 0 Å². The van der Waals surface area contributed by atoms with Gasteiger partial charge in [-0.3, -0.25) is 9.48 Å². The molecule has 0 aromatic carbocycles. The molecular weight excluding hydrogens is 319 g/mol. The Labute approximate surface area is 132 Å². The average molecular weight is 338 g/mol. The molecule has 1 amide bonds. The van der Waals surface area contributed by atoms with E-state index in [1.54, 1.807) is 0 Å². The number of amides is 1. The maximum atomic E-state index is 12.9. The molecule has 4 nitrogen and oxygen atoms in total. The van der Waals surface area contributed by atoms with E-state index in [1.165, 1.54) is 4.68 Å². The minimum atomic E-state index is -4.58. The predicted molar refractivity (Wildman–Crippen MR) is 76.7 cm³/mol. The zero-order chi connectivity index (χ0) is 16.5. The van der Waals surface area contributed by atoms with E-state index in [2.05, 4.69) is 10.4 Å². The third-order valence-electron chi connectivity index (χ3n) is 3.73. The number of nitrogens with zero attached hydrogens (tertiary/aromatic N) is 2. The lowest BCUT2D eigenvalue weighted by Gasteiger charge is -2.12. The van der Waals surface area contributed by atoms with Gasteiger partial charge in [0.25, 0.3) is 0 Å². The summed E-state index contributed by atoms with van der Waals surface area (Å²) in [5, 5.41) is 6.05. The van der Waals surface area contributed by atoms with Crippen LogP contribution in [0.25, 0.3) is 0 Å². The fourth-order valence-corrected chi connectivity index (χ4v) is 2.60. The summed E-state index contributed by atoms with van der Waals surface area (Å²) < 4.78 is 40.0. The molecule has 0 spiro atoms. The van der Waals surface area contributed by atoms with Gasteiger partial charge in [-0.2, -0.15) is 18.3 Å². The summed E-state index contributed by atoms with van der Waals surface area (Å²) in [5.41, 5.74) is -0.649. The molecule has 0 bridgehead atoms. The zero-order valence-electron chi connectivity index (χ0n) is 12.5. The van der Waals surface area contributed by atoms with Crippen LogP contribution in [0.4, 0.5) is 13.2 Å². The van der Waals surface area contributed by atoms with Gasteiger partial charge in [-0.05, 0) is 26.2 Å². The SMILES string of the molecule is CCC(C)NC(=O)CCn1nc(C(F)(F)F)c(Cl)c1C1CC1. The van der Waals surface area contributed by atoms with Gasteiger partial charge in [0.2, 0.25) is 5.91 Å². The van der Waals surface area contributed by atoms with E-state index in [0.717, 1.165) is 19.3 Å². The van der Waals surface area contributed by atoms with E-state index in [4.69, 9.17) is 11.6 Å². The van der Waals surface area contributed by atoms with Crippen molar-refractivity contribution in [2.75, 3.05) is 0 Å². The molecule has 1 heterocycles. The molecule has 1 aliphatic carbocycles. The van der Waals surface area contributed by atoms with E-state index >= 15 is 0 Å². The first kappa shape index (κ1) is 17.1. The third kappa shape index (κ3) is 3.94. The minimum Gasteiger partial charge on any atom is -0.354 e. The van der Waals surface area contributed by atoms with Crippen molar-refractivity contribution in [1.29, 1.82) is 0 Å². The number of aryl methyl sites for hydroxylation is 1. The Bertz CT molecular complexity index is 552. The Morgan fingerprint density at radius 2 is 2.14 bits per heavy atom. The van der Waals surface area contributed by atoms with E-state index in [-0.39, 0.29) is 35.9 Å². The van der Waals surface area contributed by atoms with Crippen molar-refractivity contribution in [3.05, 3.63) is 16.4 Å². The number of carbonyl (C=O) groups excluding carboxylic acids is 1. The molecule has 0 saturated heterocycles. The first-order valence-corrected chi connectivity index (χ1v) is 7.74. The van der Waals surface area contributed by atoms with Crippen LogP contribution in [0.3, 0.4) is 0 Å². The summed E-state index contributed by atoms with van der Waals surface area (Å²) in [6.45, 7) is 3.92. The molecule has 1 aromatic heterocycles. The summed E-state index contributed by atoms with van der Waals surface area (Å²) in [6, 6.07) is 0.0438. The second-order valence-electron chi connectivity index (χ2n) is 5.67. The summed E-state index contributed by atoms with van der Waals surface area (Å²) in [4.78, 5) is 11.8. The van der Waals surface area contributed by atoms with E-state index in [9.17, 15) is 18.0 Å². The van der Waals surface area contributed by atoms with Crippen LogP contribution in [0.1, 0.15) is 56.8 Å². The summed E-state index contributed by atoms with van der Waals surface area (Å²) >= 11 is 5.87. The summed E-state index contributed by atoms with van der Waals surface area (Å²) in [7, 11) is 0. The van der Waals surface area contributed by atoms with Gasteiger partial charge in [-0.15, -0.1) is 0 Å². The van der Waals surface area contributed by atoms with E-state index in [0.29, 0.717) is 5.69 Å². The number of alkyl halides is 3. The van der Waals surface area contributed by atoms with Crippen LogP contribution >= 0.6 is 11.6 Å². The molecule has 0 radical (unpaired) electrons. The highest BCUT2D eigenvalue weighted by Gasteiger charge is 2.41. The van der Waals surface area contributed by atoms with Crippen LogP contribution < -0.4 is 5.32 Å². The van der Waals surface area contributed by atoms with Crippen molar-refractivity contribution in [2.45, 2.75) is 64.2 Å². The summed E-state index contributed by atoms with van der Waals surface area (Å²) in [6.07, 6.45) is -2.08. The molecule has 0 aliphatic heterocycles. The number of nitrogens with one attached hydrogen (secondary N) is 1. The fraction of sp³-hybridized carbons (Fsp3) is 0.714. The lowest BCUT2D eigenvalue weighted by molar-refractivity contribution is -0.141. The molecule has 1 aromatic rings. The van der Waals surface area contributed by atoms with Gasteiger partial charge in [0, 0.05) is 18.4 Å². The molecule has 1 saturated carbocycles. The lowest BCUT2D eigenvalue weighted by atomic mass is 10.2. The number of hydrogen-bond donors (Lipinski definition) is 1. The van der Waals surface area contributed by atoms with Gasteiger partial charge < -0.3 is 5.32 Å². The first-order valence-electron chi connectivity index (χ1n) is 7.36. The topological polar surface area (TPSA) is 46.9 Å². The monoisotopic (exact) mass is 337 g/mol. The number of hydrogen-bond acceptors (Lipinski definition) is 2. The predicted octanol–water partition coefficient (Wildman–Crippen LogP) is 3.74. The number of rotatable bonds is 6. The van der Waals surface area contributed by atoms with E-state index < -0.39 is 11.9 Å². The van der Waals surface area contributed by atoms with Crippen LogP contribution in [0.5, 0.6) is 0 Å². The Morgan fingerprint density at radius 1 is 1.50 bits per heavy atom. The Balaban J connectivity index is 2.12. The fourth-order valence-electron chi connectivity index (χ4n) is 2.21. The standard InChI is InChI=1S/C14H19ClF3N3O/c1-3-8(2)19-10(22)6-7-21-12(9-4-5-9)11(15)13(20-21)14(16,17)18/h8-9H,3-7H2,1-2H3,(H,19,22). The number of carbonyl (C=O) groups is 1. The van der Waals surface area contributed by atoms with Gasteiger partial charge >= 0.3 is 6.18 Å². The quantitative estimate of drug-likeness (QED) is 0.859. The largest absolute Gasteiger partial charge is 0.436 e. The zero-order valence-corrected chi connectivity index (χ0v) is 13.3. The molecule has 1 unspecified atom stereocenters. The van der Waals surface area contributed by atoms with Crippen molar-refractivity contribution < 1.29 is 18.0 Å². The van der Waals surface area contributed by atoms with Crippen molar-refractivity contribution >= 4 is 17.5 Å². The maximum absolute atomic E-state index is 12.9. The smallest absolute Gasteiger partial charge is 0.354 e. The second-order valence-corrected chi connectivity index (χ2v) is 6.05. The van der Waals surface area contributed by atoms with Crippen LogP contribution in [-0.4, -0.2) is 21.7 Å². The van der Waals surface area contributed by atoms with Crippen LogP contribution in [-0.2, 0) is 17.5 Å². The first-order chi connectivity index (χ1) is 10.2. The third-order valence-corrected chi connectivity index (χ3v) is 4.11. The highest BCUT2D eigenvalue weighted by molar-refractivity contribution is 6.32. The number of halogens is 4. The molecule has 1 fully saturated rings. The van der Waals surface area contributed by atoms with Gasteiger partial charge in [0.15, 0.2) is 5.69 Å². The lowest BCUT2D eigenvalue weighted by Crippen LogP contribution is -2.32. The molecule has 1 atom stereocenters. The highest BCUT2D eigenvalue weighted by atomic mass is 35.5. The number of aromatic nitrogens is 2. The van der Waals surface area contributed by atoms with Crippen molar-refractivity contribution in [1.82, 2.24) is 15.1 Å². The highest BCUT2D eigenvalue weighted by Crippen LogP contribution is 2.46. The molecule has 1 N–H and O–H groups in total. The Morgan fingerprint density at radius 3 is 2.64 bits per heavy atom. The van der Waals surface area contributed by atoms with Crippen molar-refractivity contribution in [3.63, 3.8) is 0 Å². The van der Waals surface area contributed by atoms with Gasteiger partial charge in [-0.25, -0.2) is 0 Å². The molecule has 124 valence electrons. The van der Waals surface area contributed by atoms with Crippen molar-refractivity contribution in [2.24, 2.45) is 0 Å². The van der Waals surface area contributed by atoms with Crippen LogP contribution in [0.2, 0.25) is 5.02 Å². The molecule has 8 heteroatoms. The molecular formula is C14H19ClF3N3O. The normalized spacial score (nSPS) is 16.6. The second kappa shape index (κ2) is 6.48. The maximum Gasteiger partial charge on any atom is 0.436 e. The van der Waals surface area contributed by atoms with Gasteiger partial charge in [0.05, 0.1) is 17.3 Å². The summed E-state index contributed by atoms with van der Waals surface area (Å²) in [5.74, 6) is -0.176.